The van der Waals surface area contributed by atoms with Crippen LogP contribution in [0.5, 0.6) is 5.75 Å². The molecule has 134 valence electrons. The fourth-order valence-electron chi connectivity index (χ4n) is 2.24. The van der Waals surface area contributed by atoms with Crippen LogP contribution in [0, 0.1) is 0 Å². The molecule has 0 saturated heterocycles. The Morgan fingerprint density at radius 2 is 1.92 bits per heavy atom. The van der Waals surface area contributed by atoms with Crippen LogP contribution in [-0.4, -0.2) is 27.7 Å². The second kappa shape index (κ2) is 8.22. The third-order valence-electron chi connectivity index (χ3n) is 3.38. The van der Waals surface area contributed by atoms with Crippen molar-refractivity contribution >= 4 is 33.1 Å². The van der Waals surface area contributed by atoms with E-state index in [2.05, 4.69) is 10.3 Å². The van der Waals surface area contributed by atoms with E-state index in [0.717, 1.165) is 5.56 Å². The van der Waals surface area contributed by atoms with Gasteiger partial charge in [-0.15, -0.1) is 0 Å². The number of benzene rings is 2. The van der Waals surface area contributed by atoms with Crippen molar-refractivity contribution in [1.82, 2.24) is 0 Å². The van der Waals surface area contributed by atoms with Gasteiger partial charge in [-0.1, -0.05) is 35.9 Å². The maximum atomic E-state index is 11.5. The summed E-state index contributed by atoms with van der Waals surface area (Å²) < 4.78 is 28.1. The van der Waals surface area contributed by atoms with Crippen LogP contribution in [0.2, 0.25) is 5.02 Å². The van der Waals surface area contributed by atoms with Gasteiger partial charge in [-0.05, 0) is 29.3 Å². The summed E-state index contributed by atoms with van der Waals surface area (Å²) >= 11 is 6.07. The van der Waals surface area contributed by atoms with Crippen LogP contribution in [0.15, 0.2) is 47.5 Å². The minimum Gasteiger partial charge on any atom is -0.495 e. The number of rotatable bonds is 6. The molecular weight excluding hydrogens is 362 g/mol. The van der Waals surface area contributed by atoms with Crippen LogP contribution in [0.1, 0.15) is 11.1 Å². The molecule has 6 nitrogen and oxygen atoms in total. The summed E-state index contributed by atoms with van der Waals surface area (Å²) in [7, 11) is -1.58. The van der Waals surface area contributed by atoms with E-state index in [1.54, 1.807) is 30.3 Å². The van der Waals surface area contributed by atoms with Gasteiger partial charge in [0.05, 0.1) is 24.4 Å². The molecule has 0 heterocycles. The van der Waals surface area contributed by atoms with E-state index in [9.17, 15) is 8.42 Å². The lowest BCUT2D eigenvalue weighted by Gasteiger charge is -2.10. The molecule has 0 fully saturated rings. The van der Waals surface area contributed by atoms with Crippen molar-refractivity contribution in [2.24, 2.45) is 10.7 Å². The SMILES string of the molecule is COc1ccc(NC(N)=NCc2ccccc2CS(C)(=O)=O)cc1Cl. The zero-order valence-corrected chi connectivity index (χ0v) is 15.6. The number of halogens is 1. The maximum absolute atomic E-state index is 11.5. The van der Waals surface area contributed by atoms with E-state index in [4.69, 9.17) is 22.1 Å². The molecule has 0 amide bonds. The molecule has 0 aliphatic heterocycles. The number of hydrogen-bond acceptors (Lipinski definition) is 4. The first-order chi connectivity index (χ1) is 11.8. The molecule has 0 unspecified atom stereocenters. The summed E-state index contributed by atoms with van der Waals surface area (Å²) in [6.45, 7) is 0.272. The normalized spacial score (nSPS) is 12.0. The predicted octanol–water partition coefficient (Wildman–Crippen LogP) is 2.82. The highest BCUT2D eigenvalue weighted by Crippen LogP contribution is 2.27. The van der Waals surface area contributed by atoms with E-state index in [1.165, 1.54) is 13.4 Å². The molecule has 0 aromatic heterocycles. The highest BCUT2D eigenvalue weighted by atomic mass is 35.5. The molecule has 2 aromatic carbocycles. The van der Waals surface area contributed by atoms with E-state index in [-0.39, 0.29) is 18.3 Å². The molecule has 0 saturated carbocycles. The van der Waals surface area contributed by atoms with Crippen LogP contribution in [0.25, 0.3) is 0 Å². The van der Waals surface area contributed by atoms with Crippen LogP contribution in [-0.2, 0) is 22.1 Å². The van der Waals surface area contributed by atoms with Crippen molar-refractivity contribution in [2.75, 3.05) is 18.7 Å². The fourth-order valence-corrected chi connectivity index (χ4v) is 3.34. The summed E-state index contributed by atoms with van der Waals surface area (Å²) in [5.74, 6) is 0.743. The molecule has 25 heavy (non-hydrogen) atoms. The Hall–Kier alpha value is -2.25. The number of methoxy groups -OCH3 is 1. The minimum atomic E-state index is -3.12. The molecule has 0 spiro atoms. The number of hydrogen-bond donors (Lipinski definition) is 2. The van der Waals surface area contributed by atoms with Crippen LogP contribution >= 0.6 is 11.6 Å². The Kier molecular flexibility index (Phi) is 6.27. The molecule has 0 aliphatic carbocycles. The average molecular weight is 382 g/mol. The maximum Gasteiger partial charge on any atom is 0.193 e. The Bertz CT molecular complexity index is 882. The lowest BCUT2D eigenvalue weighted by atomic mass is 10.1. The van der Waals surface area contributed by atoms with Crippen LogP contribution in [0.4, 0.5) is 5.69 Å². The Morgan fingerprint density at radius 1 is 1.24 bits per heavy atom. The van der Waals surface area contributed by atoms with E-state index in [1.807, 2.05) is 12.1 Å². The predicted molar refractivity (Wildman–Crippen MR) is 102 cm³/mol. The average Bonchev–Trinajstić information content (AvgIpc) is 2.53. The van der Waals surface area contributed by atoms with Gasteiger partial charge in [0, 0.05) is 11.9 Å². The molecule has 0 aliphatic rings. The first kappa shape index (κ1) is 19.1. The van der Waals surface area contributed by atoms with Gasteiger partial charge in [-0.25, -0.2) is 13.4 Å². The smallest absolute Gasteiger partial charge is 0.193 e. The molecule has 2 aromatic rings. The Morgan fingerprint density at radius 3 is 2.52 bits per heavy atom. The van der Waals surface area contributed by atoms with Crippen molar-refractivity contribution in [3.05, 3.63) is 58.6 Å². The minimum absolute atomic E-state index is 0.0277. The van der Waals surface area contributed by atoms with Crippen molar-refractivity contribution in [3.8, 4) is 5.75 Å². The summed E-state index contributed by atoms with van der Waals surface area (Å²) in [5.41, 5.74) is 8.10. The topological polar surface area (TPSA) is 93.8 Å². The van der Waals surface area contributed by atoms with Crippen LogP contribution in [0.3, 0.4) is 0 Å². The number of ether oxygens (including phenoxy) is 1. The van der Waals surface area contributed by atoms with Gasteiger partial charge in [0.15, 0.2) is 15.8 Å². The van der Waals surface area contributed by atoms with Gasteiger partial charge in [0.1, 0.15) is 5.75 Å². The van der Waals surface area contributed by atoms with Crippen molar-refractivity contribution in [3.63, 3.8) is 0 Å². The molecule has 0 bridgehead atoms. The third-order valence-corrected chi connectivity index (χ3v) is 4.51. The van der Waals surface area contributed by atoms with Gasteiger partial charge in [0.25, 0.3) is 0 Å². The first-order valence-electron chi connectivity index (χ1n) is 7.43. The molecule has 0 atom stereocenters. The largest absolute Gasteiger partial charge is 0.495 e. The van der Waals surface area contributed by atoms with Crippen LogP contribution < -0.4 is 15.8 Å². The summed E-state index contributed by atoms with van der Waals surface area (Å²) in [4.78, 5) is 4.27. The van der Waals surface area contributed by atoms with Gasteiger partial charge in [0.2, 0.25) is 0 Å². The number of anilines is 1. The van der Waals surface area contributed by atoms with Gasteiger partial charge in [-0.3, -0.25) is 0 Å². The zero-order chi connectivity index (χ0) is 18.4. The standard InChI is InChI=1S/C17H20ClN3O3S/c1-24-16-8-7-14(9-15(16)18)21-17(19)20-10-12-5-3-4-6-13(12)11-25(2,22)23/h3-9H,10-11H2,1-2H3,(H3,19,20,21). The fraction of sp³-hybridized carbons (Fsp3) is 0.235. The lowest BCUT2D eigenvalue weighted by molar-refractivity contribution is 0.415. The van der Waals surface area contributed by atoms with Crippen molar-refractivity contribution < 1.29 is 13.2 Å². The third kappa shape index (κ3) is 5.95. The number of nitrogens with two attached hydrogens (primary N) is 1. The number of nitrogens with one attached hydrogen (secondary N) is 1. The zero-order valence-electron chi connectivity index (χ0n) is 14.0. The number of aliphatic imine (C=N–C) groups is 1. The molecular formula is C17H20ClN3O3S. The van der Waals surface area contributed by atoms with E-state index < -0.39 is 9.84 Å². The highest BCUT2D eigenvalue weighted by Gasteiger charge is 2.09. The Labute approximate surface area is 152 Å². The molecule has 0 radical (unpaired) electrons. The summed E-state index contributed by atoms with van der Waals surface area (Å²) in [6, 6.07) is 12.4. The number of sulfone groups is 1. The van der Waals surface area contributed by atoms with Gasteiger partial charge < -0.3 is 15.8 Å². The monoisotopic (exact) mass is 381 g/mol. The first-order valence-corrected chi connectivity index (χ1v) is 9.87. The van der Waals surface area contributed by atoms with Gasteiger partial charge >= 0.3 is 0 Å². The summed E-state index contributed by atoms with van der Waals surface area (Å²) in [6.07, 6.45) is 1.20. The van der Waals surface area contributed by atoms with E-state index in [0.29, 0.717) is 22.0 Å². The number of nitrogens with zero attached hydrogens (tertiary/aromatic N) is 1. The molecule has 2 rings (SSSR count). The highest BCUT2D eigenvalue weighted by molar-refractivity contribution is 7.89. The van der Waals surface area contributed by atoms with Crippen molar-refractivity contribution in [1.29, 1.82) is 0 Å². The number of guanidine groups is 1. The van der Waals surface area contributed by atoms with Gasteiger partial charge in [-0.2, -0.15) is 0 Å². The quantitative estimate of drug-likeness (QED) is 0.592. The van der Waals surface area contributed by atoms with E-state index >= 15 is 0 Å². The molecule has 8 heteroatoms. The lowest BCUT2D eigenvalue weighted by Crippen LogP contribution is -2.22. The second-order valence-corrected chi connectivity index (χ2v) is 8.06. The summed E-state index contributed by atoms with van der Waals surface area (Å²) in [5, 5.41) is 3.40. The Balaban J connectivity index is 2.10. The molecule has 3 N–H and O–H groups in total. The van der Waals surface area contributed by atoms with Crippen molar-refractivity contribution in [2.45, 2.75) is 12.3 Å². The second-order valence-electron chi connectivity index (χ2n) is 5.51.